The third-order valence-corrected chi connectivity index (χ3v) is 4.60. The molecule has 2 atom stereocenters. The minimum Gasteiger partial charge on any atom is -0.392 e. The Balaban J connectivity index is 3.10. The molecule has 0 heterocycles. The highest BCUT2D eigenvalue weighted by Gasteiger charge is 2.47. The van der Waals surface area contributed by atoms with Crippen LogP contribution < -0.4 is 0 Å². The van der Waals surface area contributed by atoms with E-state index in [1.165, 1.54) is 5.57 Å². The Kier molecular flexibility index (Phi) is 4.37. The second kappa shape index (κ2) is 5.22. The van der Waals surface area contributed by atoms with E-state index in [0.29, 0.717) is 6.42 Å². The van der Waals surface area contributed by atoms with E-state index < -0.39 is 0 Å². The van der Waals surface area contributed by atoms with Crippen molar-refractivity contribution >= 4 is 0 Å². The summed E-state index contributed by atoms with van der Waals surface area (Å²) in [7, 11) is 0. The van der Waals surface area contributed by atoms with Crippen molar-refractivity contribution in [2.45, 2.75) is 52.6 Å². The summed E-state index contributed by atoms with van der Waals surface area (Å²) < 4.78 is 0. The quantitative estimate of drug-likeness (QED) is 0.705. The van der Waals surface area contributed by atoms with Crippen LogP contribution in [0.25, 0.3) is 0 Å². The van der Waals surface area contributed by atoms with Gasteiger partial charge in [-0.3, -0.25) is 0 Å². The van der Waals surface area contributed by atoms with Crippen LogP contribution in [-0.2, 0) is 0 Å². The predicted molar refractivity (Wildman–Crippen MR) is 74.8 cm³/mol. The lowest BCUT2D eigenvalue weighted by atomic mass is 9.56. The molecule has 0 aromatic rings. The summed E-state index contributed by atoms with van der Waals surface area (Å²) in [5.41, 5.74) is 1.28. The Hall–Kier alpha value is -0.820. The zero-order valence-electron chi connectivity index (χ0n) is 11.5. The summed E-state index contributed by atoms with van der Waals surface area (Å²) in [4.78, 5) is 0. The monoisotopic (exact) mass is 234 g/mol. The summed E-state index contributed by atoms with van der Waals surface area (Å²) >= 11 is 0. The van der Waals surface area contributed by atoms with Gasteiger partial charge in [0.05, 0.1) is 6.10 Å². The van der Waals surface area contributed by atoms with Crippen LogP contribution in [0.3, 0.4) is 0 Å². The molecule has 0 aliphatic heterocycles. The molecule has 0 saturated heterocycles. The molecule has 1 rings (SSSR count). The van der Waals surface area contributed by atoms with Gasteiger partial charge in [-0.15, -0.1) is 13.2 Å². The predicted octanol–water partition coefficient (Wildman–Crippen LogP) is 4.25. The Labute approximate surface area is 106 Å². The molecule has 1 aliphatic carbocycles. The van der Waals surface area contributed by atoms with Crippen molar-refractivity contribution in [1.29, 1.82) is 0 Å². The number of allylic oxidation sites excluding steroid dienone is 3. The van der Waals surface area contributed by atoms with E-state index in [1.807, 2.05) is 12.2 Å². The topological polar surface area (TPSA) is 20.2 Å². The van der Waals surface area contributed by atoms with Crippen molar-refractivity contribution < 1.29 is 5.11 Å². The molecule has 0 bridgehead atoms. The molecule has 0 amide bonds. The third kappa shape index (κ3) is 2.55. The normalized spacial score (nSPS) is 27.2. The van der Waals surface area contributed by atoms with E-state index in [0.717, 1.165) is 19.3 Å². The lowest BCUT2D eigenvalue weighted by molar-refractivity contribution is -0.0476. The van der Waals surface area contributed by atoms with Crippen molar-refractivity contribution in [1.82, 2.24) is 0 Å². The van der Waals surface area contributed by atoms with Crippen LogP contribution >= 0.6 is 0 Å². The van der Waals surface area contributed by atoms with Gasteiger partial charge in [0, 0.05) is 5.41 Å². The lowest BCUT2D eigenvalue weighted by Gasteiger charge is -2.50. The van der Waals surface area contributed by atoms with Gasteiger partial charge in [0.15, 0.2) is 0 Å². The Bertz CT molecular complexity index is 324. The second-order valence-electron chi connectivity index (χ2n) is 5.88. The maximum atomic E-state index is 10.5. The van der Waals surface area contributed by atoms with Crippen molar-refractivity contribution in [3.8, 4) is 0 Å². The molecule has 0 aromatic heterocycles. The summed E-state index contributed by atoms with van der Waals surface area (Å²) in [5, 5.41) is 10.5. The first-order chi connectivity index (χ1) is 7.89. The highest BCUT2D eigenvalue weighted by Crippen LogP contribution is 2.52. The van der Waals surface area contributed by atoms with Gasteiger partial charge in [0.1, 0.15) is 0 Å². The van der Waals surface area contributed by atoms with Gasteiger partial charge in [0.25, 0.3) is 0 Å². The van der Waals surface area contributed by atoms with E-state index in [9.17, 15) is 5.11 Å². The molecule has 0 fully saturated rings. The fraction of sp³-hybridized carbons (Fsp3) is 0.625. The highest BCUT2D eigenvalue weighted by atomic mass is 16.3. The molecule has 0 aromatic carbocycles. The standard InChI is InChI=1S/C16H26O/c1-6-8-14(17)16(15(4,5)7-2)11-9-13(3)10-12-16/h6-7,9,14,17H,1-2,8,10-12H2,3-5H3/t14?,16-/m1/s1. The van der Waals surface area contributed by atoms with Crippen LogP contribution in [0.4, 0.5) is 0 Å². The summed E-state index contributed by atoms with van der Waals surface area (Å²) in [6.45, 7) is 14.2. The first-order valence-electron chi connectivity index (χ1n) is 6.48. The van der Waals surface area contributed by atoms with Gasteiger partial charge in [-0.25, -0.2) is 0 Å². The fourth-order valence-corrected chi connectivity index (χ4v) is 2.88. The smallest absolute Gasteiger partial charge is 0.0641 e. The SMILES string of the molecule is C=CCC(O)[C@@]1(C(C)(C)C=C)CC=C(C)CC1. The average molecular weight is 234 g/mol. The van der Waals surface area contributed by atoms with Crippen molar-refractivity contribution in [2.75, 3.05) is 0 Å². The van der Waals surface area contributed by atoms with Crippen molar-refractivity contribution in [3.63, 3.8) is 0 Å². The Morgan fingerprint density at radius 1 is 1.53 bits per heavy atom. The van der Waals surface area contributed by atoms with Crippen LogP contribution in [0.5, 0.6) is 0 Å². The van der Waals surface area contributed by atoms with E-state index in [-0.39, 0.29) is 16.9 Å². The van der Waals surface area contributed by atoms with Gasteiger partial charge in [-0.1, -0.05) is 37.6 Å². The van der Waals surface area contributed by atoms with Crippen LogP contribution in [0, 0.1) is 10.8 Å². The molecule has 0 spiro atoms. The van der Waals surface area contributed by atoms with Crippen LogP contribution in [0.15, 0.2) is 37.0 Å². The largest absolute Gasteiger partial charge is 0.392 e. The molecule has 0 radical (unpaired) electrons. The summed E-state index contributed by atoms with van der Waals surface area (Å²) in [5.74, 6) is 0. The average Bonchev–Trinajstić information content (AvgIpc) is 2.30. The van der Waals surface area contributed by atoms with E-state index >= 15 is 0 Å². The molecular formula is C16H26O. The number of aliphatic hydroxyl groups is 1. The molecule has 0 saturated carbocycles. The van der Waals surface area contributed by atoms with Crippen LogP contribution in [0.2, 0.25) is 0 Å². The van der Waals surface area contributed by atoms with Gasteiger partial charge < -0.3 is 5.11 Å². The maximum Gasteiger partial charge on any atom is 0.0641 e. The highest BCUT2D eigenvalue weighted by molar-refractivity contribution is 5.16. The minimum atomic E-state index is -0.336. The summed E-state index contributed by atoms with van der Waals surface area (Å²) in [6.07, 6.45) is 9.45. The zero-order chi connectivity index (χ0) is 13.1. The van der Waals surface area contributed by atoms with Crippen LogP contribution in [-0.4, -0.2) is 11.2 Å². The molecule has 96 valence electrons. The van der Waals surface area contributed by atoms with E-state index in [2.05, 4.69) is 40.0 Å². The van der Waals surface area contributed by atoms with Gasteiger partial charge in [-0.2, -0.15) is 0 Å². The number of aliphatic hydroxyl groups excluding tert-OH is 1. The van der Waals surface area contributed by atoms with Crippen molar-refractivity contribution in [2.24, 2.45) is 10.8 Å². The molecule has 1 N–H and O–H groups in total. The first-order valence-corrected chi connectivity index (χ1v) is 6.48. The second-order valence-corrected chi connectivity index (χ2v) is 5.88. The van der Waals surface area contributed by atoms with Crippen LogP contribution in [0.1, 0.15) is 46.5 Å². The molecule has 1 nitrogen and oxygen atoms in total. The Morgan fingerprint density at radius 2 is 2.18 bits per heavy atom. The maximum absolute atomic E-state index is 10.5. The van der Waals surface area contributed by atoms with Gasteiger partial charge in [-0.05, 0) is 38.0 Å². The molecular weight excluding hydrogens is 208 g/mol. The Morgan fingerprint density at radius 3 is 2.59 bits per heavy atom. The number of hydrogen-bond acceptors (Lipinski definition) is 1. The third-order valence-electron chi connectivity index (χ3n) is 4.60. The number of hydrogen-bond donors (Lipinski definition) is 1. The first kappa shape index (κ1) is 14.2. The number of rotatable bonds is 5. The minimum absolute atomic E-state index is 0.0629. The molecule has 1 unspecified atom stereocenters. The molecule has 17 heavy (non-hydrogen) atoms. The van der Waals surface area contributed by atoms with Gasteiger partial charge >= 0.3 is 0 Å². The molecule has 1 aliphatic rings. The fourth-order valence-electron chi connectivity index (χ4n) is 2.88. The summed E-state index contributed by atoms with van der Waals surface area (Å²) in [6, 6.07) is 0. The lowest BCUT2D eigenvalue weighted by Crippen LogP contribution is -2.47. The molecule has 1 heteroatoms. The van der Waals surface area contributed by atoms with Gasteiger partial charge in [0.2, 0.25) is 0 Å². The van der Waals surface area contributed by atoms with E-state index in [4.69, 9.17) is 0 Å². The zero-order valence-corrected chi connectivity index (χ0v) is 11.5. The van der Waals surface area contributed by atoms with Crippen molar-refractivity contribution in [3.05, 3.63) is 37.0 Å². The van der Waals surface area contributed by atoms with E-state index in [1.54, 1.807) is 0 Å².